The number of nitrogens with zero attached hydrogens (tertiary/aromatic N) is 4. The highest BCUT2D eigenvalue weighted by Crippen LogP contribution is 2.17. The Morgan fingerprint density at radius 1 is 1.25 bits per heavy atom. The average Bonchev–Trinajstić information content (AvgIpc) is 2.56. The van der Waals surface area contributed by atoms with E-state index in [9.17, 15) is 9.59 Å². The Hall–Kier alpha value is -2.38. The number of piperidine rings is 1. The monoisotopic (exact) mass is 335 g/mol. The third kappa shape index (κ3) is 4.12. The molecule has 0 atom stereocenters. The summed E-state index contributed by atoms with van der Waals surface area (Å²) in [7, 11) is 1.76. The molecule has 0 radical (unpaired) electrons. The molecule has 24 heavy (non-hydrogen) atoms. The minimum Gasteiger partial charge on any atom is -0.453 e. The van der Waals surface area contributed by atoms with Gasteiger partial charge in [-0.15, -0.1) is 0 Å². The van der Waals surface area contributed by atoms with Gasteiger partial charge in [0.2, 0.25) is 5.91 Å². The van der Waals surface area contributed by atoms with Crippen LogP contribution in [0.1, 0.15) is 31.2 Å². The molecule has 2 heterocycles. The lowest BCUT2D eigenvalue weighted by Gasteiger charge is -2.36. The maximum Gasteiger partial charge on any atom is 0.317 e. The molecule has 8 nitrogen and oxygen atoms in total. The Kier molecular flexibility index (Phi) is 5.58. The topological polar surface area (TPSA) is 102 Å². The van der Waals surface area contributed by atoms with E-state index < -0.39 is 0 Å². The highest BCUT2D eigenvalue weighted by Gasteiger charge is 2.26. The van der Waals surface area contributed by atoms with Crippen molar-refractivity contribution in [3.8, 4) is 6.01 Å². The molecule has 1 aliphatic heterocycles. The Bertz CT molecular complexity index is 603. The van der Waals surface area contributed by atoms with E-state index in [1.165, 1.54) is 0 Å². The molecular formula is C16H25N5O3. The van der Waals surface area contributed by atoms with Crippen LogP contribution in [0.5, 0.6) is 6.01 Å². The lowest BCUT2D eigenvalue weighted by atomic mass is 10.0. The normalized spacial score (nSPS) is 15.2. The van der Waals surface area contributed by atoms with Gasteiger partial charge in [0.15, 0.2) is 6.61 Å². The molecule has 1 saturated heterocycles. The SMILES string of the molecule is CC(=O)N1CCC(N(C)C(=O)COc2nc(C)c(N)c(C)n2)CC1. The van der Waals surface area contributed by atoms with Crippen LogP contribution in [0.3, 0.4) is 0 Å². The molecule has 132 valence electrons. The predicted octanol–water partition coefficient (Wildman–Crippen LogP) is 0.524. The number of amides is 2. The lowest BCUT2D eigenvalue weighted by molar-refractivity contribution is -0.136. The molecular weight excluding hydrogens is 310 g/mol. The molecule has 1 aromatic rings. The summed E-state index contributed by atoms with van der Waals surface area (Å²) in [4.78, 5) is 35.4. The first-order valence-electron chi connectivity index (χ1n) is 8.04. The van der Waals surface area contributed by atoms with Crippen molar-refractivity contribution in [2.75, 3.05) is 32.5 Å². The van der Waals surface area contributed by atoms with E-state index in [-0.39, 0.29) is 30.5 Å². The molecule has 1 aromatic heterocycles. The second kappa shape index (κ2) is 7.46. The highest BCUT2D eigenvalue weighted by atomic mass is 16.5. The fraction of sp³-hybridized carbons (Fsp3) is 0.625. The van der Waals surface area contributed by atoms with E-state index in [4.69, 9.17) is 10.5 Å². The Morgan fingerprint density at radius 3 is 2.29 bits per heavy atom. The second-order valence-corrected chi connectivity index (χ2v) is 6.12. The van der Waals surface area contributed by atoms with Crippen molar-refractivity contribution < 1.29 is 14.3 Å². The molecule has 0 bridgehead atoms. The predicted molar refractivity (Wildman–Crippen MR) is 89.5 cm³/mol. The number of carbonyl (C=O) groups is 2. The minimum absolute atomic E-state index is 0.0806. The molecule has 8 heteroatoms. The number of hydrogen-bond donors (Lipinski definition) is 1. The number of likely N-dealkylation sites (N-methyl/N-ethyl adjacent to an activating group) is 1. The first-order chi connectivity index (χ1) is 11.3. The zero-order chi connectivity index (χ0) is 17.9. The van der Waals surface area contributed by atoms with Crippen LogP contribution in [0.4, 0.5) is 5.69 Å². The van der Waals surface area contributed by atoms with Crippen LogP contribution in [-0.2, 0) is 9.59 Å². The van der Waals surface area contributed by atoms with E-state index >= 15 is 0 Å². The van der Waals surface area contributed by atoms with Gasteiger partial charge in [-0.05, 0) is 26.7 Å². The summed E-state index contributed by atoms with van der Waals surface area (Å²) in [6.07, 6.45) is 1.55. The fourth-order valence-corrected chi connectivity index (χ4v) is 2.76. The van der Waals surface area contributed by atoms with Crippen LogP contribution in [0, 0.1) is 13.8 Å². The van der Waals surface area contributed by atoms with Gasteiger partial charge in [-0.3, -0.25) is 9.59 Å². The molecule has 1 aliphatic rings. The summed E-state index contributed by atoms with van der Waals surface area (Å²) in [5.41, 5.74) is 7.60. The van der Waals surface area contributed by atoms with Crippen LogP contribution in [0.2, 0.25) is 0 Å². The van der Waals surface area contributed by atoms with E-state index in [0.29, 0.717) is 30.2 Å². The minimum atomic E-state index is -0.132. The lowest BCUT2D eigenvalue weighted by Crippen LogP contribution is -2.47. The van der Waals surface area contributed by atoms with Crippen LogP contribution in [0.25, 0.3) is 0 Å². The first-order valence-corrected chi connectivity index (χ1v) is 8.04. The van der Waals surface area contributed by atoms with Crippen molar-refractivity contribution in [2.45, 2.75) is 39.7 Å². The third-order valence-electron chi connectivity index (χ3n) is 4.48. The van der Waals surface area contributed by atoms with Gasteiger partial charge in [0, 0.05) is 33.1 Å². The molecule has 0 unspecified atom stereocenters. The number of nitrogen functional groups attached to an aromatic ring is 1. The van der Waals surface area contributed by atoms with Gasteiger partial charge in [0.1, 0.15) is 0 Å². The smallest absolute Gasteiger partial charge is 0.317 e. The zero-order valence-electron chi connectivity index (χ0n) is 14.7. The fourth-order valence-electron chi connectivity index (χ4n) is 2.76. The van der Waals surface area contributed by atoms with Gasteiger partial charge in [-0.25, -0.2) is 0 Å². The number of ether oxygens (including phenoxy) is 1. The van der Waals surface area contributed by atoms with E-state index in [1.54, 1.807) is 37.6 Å². The van der Waals surface area contributed by atoms with Crippen molar-refractivity contribution in [2.24, 2.45) is 0 Å². The number of likely N-dealkylation sites (tertiary alicyclic amines) is 1. The molecule has 2 amide bonds. The average molecular weight is 335 g/mol. The van der Waals surface area contributed by atoms with Gasteiger partial charge in [0.25, 0.3) is 5.91 Å². The molecule has 2 N–H and O–H groups in total. The molecule has 1 fully saturated rings. The molecule has 2 rings (SSSR count). The van der Waals surface area contributed by atoms with Gasteiger partial charge in [-0.2, -0.15) is 9.97 Å². The van der Waals surface area contributed by atoms with Crippen LogP contribution in [0.15, 0.2) is 0 Å². The second-order valence-electron chi connectivity index (χ2n) is 6.12. The summed E-state index contributed by atoms with van der Waals surface area (Å²) < 4.78 is 5.42. The van der Waals surface area contributed by atoms with Gasteiger partial charge in [0.05, 0.1) is 17.1 Å². The molecule has 0 aromatic carbocycles. The maximum absolute atomic E-state index is 12.3. The standard InChI is InChI=1S/C16H25N5O3/c1-10-15(17)11(2)19-16(18-10)24-9-14(23)20(4)13-5-7-21(8-6-13)12(3)22/h13H,5-9,17H2,1-4H3. The molecule has 0 saturated carbocycles. The number of hydrogen-bond acceptors (Lipinski definition) is 6. The summed E-state index contributed by atoms with van der Waals surface area (Å²) in [6.45, 7) is 6.35. The maximum atomic E-state index is 12.3. The number of anilines is 1. The Balaban J connectivity index is 1.87. The number of carbonyl (C=O) groups excluding carboxylic acids is 2. The van der Waals surface area contributed by atoms with Crippen molar-refractivity contribution in [3.05, 3.63) is 11.4 Å². The third-order valence-corrected chi connectivity index (χ3v) is 4.48. The largest absolute Gasteiger partial charge is 0.453 e. The van der Waals surface area contributed by atoms with Gasteiger partial charge in [-0.1, -0.05) is 0 Å². The Labute approximate surface area is 142 Å². The number of aryl methyl sites for hydroxylation is 2. The van der Waals surface area contributed by atoms with Crippen molar-refractivity contribution in [3.63, 3.8) is 0 Å². The van der Waals surface area contributed by atoms with Crippen LogP contribution >= 0.6 is 0 Å². The zero-order valence-corrected chi connectivity index (χ0v) is 14.7. The van der Waals surface area contributed by atoms with Gasteiger partial charge < -0.3 is 20.3 Å². The summed E-state index contributed by atoms with van der Waals surface area (Å²) in [6, 6.07) is 0.278. The van der Waals surface area contributed by atoms with Crippen molar-refractivity contribution in [1.29, 1.82) is 0 Å². The molecule has 0 spiro atoms. The van der Waals surface area contributed by atoms with Crippen LogP contribution < -0.4 is 10.5 Å². The number of aromatic nitrogens is 2. The highest BCUT2D eigenvalue weighted by molar-refractivity contribution is 5.78. The van der Waals surface area contributed by atoms with E-state index in [0.717, 1.165) is 12.8 Å². The van der Waals surface area contributed by atoms with Crippen molar-refractivity contribution in [1.82, 2.24) is 19.8 Å². The molecule has 0 aliphatic carbocycles. The summed E-state index contributed by atoms with van der Waals surface area (Å²) in [5.74, 6) is -0.0518. The number of rotatable bonds is 4. The summed E-state index contributed by atoms with van der Waals surface area (Å²) in [5, 5.41) is 0. The van der Waals surface area contributed by atoms with Crippen molar-refractivity contribution >= 4 is 17.5 Å². The number of nitrogens with two attached hydrogens (primary N) is 1. The summed E-state index contributed by atoms with van der Waals surface area (Å²) >= 11 is 0. The van der Waals surface area contributed by atoms with Crippen LogP contribution in [-0.4, -0.2) is 64.4 Å². The quantitative estimate of drug-likeness (QED) is 0.861. The first kappa shape index (κ1) is 18.0. The van der Waals surface area contributed by atoms with E-state index in [1.807, 2.05) is 0 Å². The van der Waals surface area contributed by atoms with E-state index in [2.05, 4.69) is 9.97 Å². The Morgan fingerprint density at radius 2 is 1.79 bits per heavy atom. The van der Waals surface area contributed by atoms with Gasteiger partial charge >= 0.3 is 6.01 Å².